The standard InChI is InChI=1S/C18H20BrN5/c19-16-10-17-18(21-13-22-24(17)12-16)20-7-3-8-23-9-6-14-4-1-2-5-15(14)11-23/h1-2,4-5,10,12-13H,3,6-9,11H2,(H,20,21,22). The number of halogens is 1. The minimum Gasteiger partial charge on any atom is -0.368 e. The van der Waals surface area contributed by atoms with Crippen molar-refractivity contribution in [1.29, 1.82) is 0 Å². The number of rotatable bonds is 5. The topological polar surface area (TPSA) is 45.5 Å². The van der Waals surface area contributed by atoms with E-state index in [2.05, 4.69) is 60.5 Å². The Balaban J connectivity index is 1.30. The molecule has 4 rings (SSSR count). The Bertz CT molecular complexity index is 844. The van der Waals surface area contributed by atoms with Crippen molar-refractivity contribution < 1.29 is 0 Å². The Labute approximate surface area is 149 Å². The molecule has 0 spiro atoms. The third-order valence-electron chi connectivity index (χ3n) is 4.53. The number of nitrogens with one attached hydrogen (secondary N) is 1. The van der Waals surface area contributed by atoms with Gasteiger partial charge in [-0.2, -0.15) is 5.10 Å². The summed E-state index contributed by atoms with van der Waals surface area (Å²) in [5, 5.41) is 7.65. The van der Waals surface area contributed by atoms with Crippen molar-refractivity contribution in [2.75, 3.05) is 25.0 Å². The minimum absolute atomic E-state index is 0.889. The number of anilines is 1. The van der Waals surface area contributed by atoms with E-state index in [0.717, 1.165) is 54.8 Å². The van der Waals surface area contributed by atoms with Crippen molar-refractivity contribution in [3.63, 3.8) is 0 Å². The van der Waals surface area contributed by atoms with Gasteiger partial charge in [0.2, 0.25) is 0 Å². The third kappa shape index (κ3) is 3.30. The van der Waals surface area contributed by atoms with Crippen LogP contribution >= 0.6 is 15.9 Å². The molecule has 0 aliphatic carbocycles. The first-order valence-electron chi connectivity index (χ1n) is 8.31. The fourth-order valence-electron chi connectivity index (χ4n) is 3.29. The van der Waals surface area contributed by atoms with Gasteiger partial charge in [-0.25, -0.2) is 9.50 Å². The summed E-state index contributed by atoms with van der Waals surface area (Å²) in [6.07, 6.45) is 5.78. The molecular formula is C18H20BrN5. The number of benzene rings is 1. The van der Waals surface area contributed by atoms with Gasteiger partial charge >= 0.3 is 0 Å². The molecule has 0 amide bonds. The van der Waals surface area contributed by atoms with Crippen LogP contribution in [0.2, 0.25) is 0 Å². The van der Waals surface area contributed by atoms with Crippen molar-refractivity contribution in [2.24, 2.45) is 0 Å². The molecule has 0 saturated carbocycles. The Kier molecular flexibility index (Phi) is 4.49. The summed E-state index contributed by atoms with van der Waals surface area (Å²) in [5.74, 6) is 0.889. The second kappa shape index (κ2) is 6.91. The number of hydrogen-bond acceptors (Lipinski definition) is 4. The number of aromatic nitrogens is 3. The fraction of sp³-hybridized carbons (Fsp3) is 0.333. The summed E-state index contributed by atoms with van der Waals surface area (Å²) in [7, 11) is 0. The van der Waals surface area contributed by atoms with Gasteiger partial charge in [0, 0.05) is 36.8 Å². The second-order valence-electron chi connectivity index (χ2n) is 6.17. The highest BCUT2D eigenvalue weighted by Gasteiger charge is 2.14. The van der Waals surface area contributed by atoms with Gasteiger partial charge < -0.3 is 5.32 Å². The highest BCUT2D eigenvalue weighted by molar-refractivity contribution is 9.10. The molecule has 0 radical (unpaired) electrons. The largest absolute Gasteiger partial charge is 0.368 e. The van der Waals surface area contributed by atoms with Crippen molar-refractivity contribution in [2.45, 2.75) is 19.4 Å². The van der Waals surface area contributed by atoms with Gasteiger partial charge in [-0.05, 0) is 46.0 Å². The highest BCUT2D eigenvalue weighted by atomic mass is 79.9. The van der Waals surface area contributed by atoms with Crippen molar-refractivity contribution in [1.82, 2.24) is 19.5 Å². The molecule has 3 aromatic rings. The van der Waals surface area contributed by atoms with Crippen LogP contribution in [0.4, 0.5) is 5.82 Å². The first kappa shape index (κ1) is 15.6. The fourth-order valence-corrected chi connectivity index (χ4v) is 3.70. The van der Waals surface area contributed by atoms with E-state index >= 15 is 0 Å². The van der Waals surface area contributed by atoms with Crippen LogP contribution < -0.4 is 5.32 Å². The van der Waals surface area contributed by atoms with E-state index in [-0.39, 0.29) is 0 Å². The highest BCUT2D eigenvalue weighted by Crippen LogP contribution is 2.20. The first-order valence-corrected chi connectivity index (χ1v) is 9.11. The molecule has 124 valence electrons. The Hall–Kier alpha value is -1.92. The normalized spacial score (nSPS) is 14.7. The molecule has 3 heterocycles. The molecule has 0 saturated heterocycles. The molecule has 1 aromatic carbocycles. The van der Waals surface area contributed by atoms with E-state index in [4.69, 9.17) is 0 Å². The van der Waals surface area contributed by atoms with Crippen LogP contribution in [0.25, 0.3) is 5.52 Å². The zero-order chi connectivity index (χ0) is 16.4. The summed E-state index contributed by atoms with van der Waals surface area (Å²) >= 11 is 3.48. The SMILES string of the molecule is Brc1cc2c(NCCCN3CCc4ccccc4C3)ncnn2c1. The van der Waals surface area contributed by atoms with Gasteiger partial charge in [0.15, 0.2) is 5.82 Å². The number of hydrogen-bond donors (Lipinski definition) is 1. The van der Waals surface area contributed by atoms with E-state index in [1.807, 2.05) is 16.8 Å². The molecule has 0 atom stereocenters. The maximum atomic E-state index is 4.36. The van der Waals surface area contributed by atoms with Crippen LogP contribution in [0, 0.1) is 0 Å². The van der Waals surface area contributed by atoms with E-state index in [1.54, 1.807) is 6.33 Å². The van der Waals surface area contributed by atoms with Crippen molar-refractivity contribution >= 4 is 27.3 Å². The predicted octanol–water partition coefficient (Wildman–Crippen LogP) is 3.35. The van der Waals surface area contributed by atoms with Crippen LogP contribution in [0.5, 0.6) is 0 Å². The summed E-state index contributed by atoms with van der Waals surface area (Å²) in [6.45, 7) is 4.24. The minimum atomic E-state index is 0.889. The molecule has 0 fully saturated rings. The lowest BCUT2D eigenvalue weighted by Crippen LogP contribution is -2.32. The average molecular weight is 386 g/mol. The molecule has 6 heteroatoms. The predicted molar refractivity (Wildman–Crippen MR) is 99.2 cm³/mol. The smallest absolute Gasteiger partial charge is 0.153 e. The molecule has 1 N–H and O–H groups in total. The summed E-state index contributed by atoms with van der Waals surface area (Å²) in [5.41, 5.74) is 3.98. The Morgan fingerprint density at radius 3 is 3.00 bits per heavy atom. The molecule has 5 nitrogen and oxygen atoms in total. The Morgan fingerprint density at radius 1 is 1.21 bits per heavy atom. The number of nitrogens with zero attached hydrogens (tertiary/aromatic N) is 4. The van der Waals surface area contributed by atoms with E-state index in [0.29, 0.717) is 0 Å². The zero-order valence-corrected chi connectivity index (χ0v) is 15.0. The van der Waals surface area contributed by atoms with Gasteiger partial charge in [0.1, 0.15) is 11.8 Å². The van der Waals surface area contributed by atoms with E-state index in [9.17, 15) is 0 Å². The quantitative estimate of drug-likeness (QED) is 0.684. The second-order valence-corrected chi connectivity index (χ2v) is 7.09. The van der Waals surface area contributed by atoms with Crippen LogP contribution in [0.15, 0.2) is 47.3 Å². The van der Waals surface area contributed by atoms with Gasteiger partial charge in [-0.15, -0.1) is 0 Å². The van der Waals surface area contributed by atoms with Gasteiger partial charge in [0.05, 0.1) is 0 Å². The van der Waals surface area contributed by atoms with Crippen LogP contribution in [-0.2, 0) is 13.0 Å². The molecule has 2 aromatic heterocycles. The van der Waals surface area contributed by atoms with Gasteiger partial charge in [-0.1, -0.05) is 24.3 Å². The lowest BCUT2D eigenvalue weighted by Gasteiger charge is -2.28. The monoisotopic (exact) mass is 385 g/mol. The van der Waals surface area contributed by atoms with E-state index in [1.165, 1.54) is 11.1 Å². The maximum absolute atomic E-state index is 4.36. The van der Waals surface area contributed by atoms with Crippen LogP contribution in [0.3, 0.4) is 0 Å². The lowest BCUT2D eigenvalue weighted by molar-refractivity contribution is 0.253. The van der Waals surface area contributed by atoms with Crippen LogP contribution in [-0.4, -0.2) is 39.1 Å². The molecule has 1 aliphatic heterocycles. The van der Waals surface area contributed by atoms with E-state index < -0.39 is 0 Å². The first-order chi connectivity index (χ1) is 11.8. The molecule has 0 bridgehead atoms. The lowest BCUT2D eigenvalue weighted by atomic mass is 10.00. The Morgan fingerprint density at radius 2 is 2.08 bits per heavy atom. The molecule has 24 heavy (non-hydrogen) atoms. The summed E-state index contributed by atoms with van der Waals surface area (Å²) in [4.78, 5) is 6.89. The van der Waals surface area contributed by atoms with Gasteiger partial charge in [-0.3, -0.25) is 4.90 Å². The molecular weight excluding hydrogens is 366 g/mol. The molecule has 1 aliphatic rings. The van der Waals surface area contributed by atoms with Crippen molar-refractivity contribution in [3.8, 4) is 0 Å². The summed E-state index contributed by atoms with van der Waals surface area (Å²) in [6, 6.07) is 10.8. The zero-order valence-electron chi connectivity index (χ0n) is 13.5. The van der Waals surface area contributed by atoms with Crippen LogP contribution in [0.1, 0.15) is 17.5 Å². The average Bonchev–Trinajstić information content (AvgIpc) is 2.99. The maximum Gasteiger partial charge on any atom is 0.153 e. The van der Waals surface area contributed by atoms with Crippen molar-refractivity contribution in [3.05, 3.63) is 58.5 Å². The molecule has 0 unspecified atom stereocenters. The number of fused-ring (bicyclic) bond motifs is 2. The van der Waals surface area contributed by atoms with Gasteiger partial charge in [0.25, 0.3) is 0 Å². The third-order valence-corrected chi connectivity index (χ3v) is 4.96. The summed E-state index contributed by atoms with van der Waals surface area (Å²) < 4.78 is 2.85.